The number of hydrogen-bond donors (Lipinski definition) is 1. The van der Waals surface area contributed by atoms with Gasteiger partial charge in [0.25, 0.3) is 0 Å². The van der Waals surface area contributed by atoms with E-state index in [4.69, 9.17) is 0 Å². The maximum atomic E-state index is 3.81. The van der Waals surface area contributed by atoms with E-state index >= 15 is 0 Å². The van der Waals surface area contributed by atoms with Crippen LogP contribution in [0.25, 0.3) is 0 Å². The normalized spacial score (nSPS) is 22.6. The molecular weight excluding hydrogens is 172 g/mol. The lowest BCUT2D eigenvalue weighted by molar-refractivity contribution is 0.243. The first-order valence-electron chi connectivity index (χ1n) is 5.93. The van der Waals surface area contributed by atoms with Gasteiger partial charge in [0.15, 0.2) is 0 Å². The Morgan fingerprint density at radius 2 is 2.36 bits per heavy atom. The van der Waals surface area contributed by atoms with Crippen molar-refractivity contribution >= 4 is 0 Å². The Morgan fingerprint density at radius 1 is 1.50 bits per heavy atom. The Bertz CT molecular complexity index is 150. The zero-order chi connectivity index (χ0) is 10.2. The standard InChI is InChI=1S/C12H24N2/c1-3-9-14(10-4-2)11-12-7-5-6-8-13-12/h3,12-13H,1,4-11H2,2H3. The van der Waals surface area contributed by atoms with Crippen molar-refractivity contribution in [1.29, 1.82) is 0 Å². The molecule has 1 N–H and O–H groups in total. The molecule has 1 atom stereocenters. The van der Waals surface area contributed by atoms with E-state index in [0.29, 0.717) is 0 Å². The van der Waals surface area contributed by atoms with E-state index < -0.39 is 0 Å². The fraction of sp³-hybridized carbons (Fsp3) is 0.833. The van der Waals surface area contributed by atoms with Gasteiger partial charge in [0.05, 0.1) is 0 Å². The Hall–Kier alpha value is -0.340. The van der Waals surface area contributed by atoms with Crippen LogP contribution in [0.15, 0.2) is 12.7 Å². The molecule has 0 bridgehead atoms. The molecule has 0 amide bonds. The van der Waals surface area contributed by atoms with Gasteiger partial charge in [-0.05, 0) is 32.4 Å². The van der Waals surface area contributed by atoms with Crippen molar-refractivity contribution < 1.29 is 0 Å². The van der Waals surface area contributed by atoms with Gasteiger partial charge in [-0.15, -0.1) is 6.58 Å². The third-order valence-corrected chi connectivity index (χ3v) is 2.82. The summed E-state index contributed by atoms with van der Waals surface area (Å²) >= 11 is 0. The van der Waals surface area contributed by atoms with Gasteiger partial charge in [0.2, 0.25) is 0 Å². The number of nitrogens with one attached hydrogen (secondary N) is 1. The number of piperidine rings is 1. The summed E-state index contributed by atoms with van der Waals surface area (Å²) < 4.78 is 0. The van der Waals surface area contributed by atoms with Crippen LogP contribution < -0.4 is 5.32 Å². The topological polar surface area (TPSA) is 15.3 Å². The first-order chi connectivity index (χ1) is 6.86. The molecule has 1 aliphatic rings. The second-order valence-corrected chi connectivity index (χ2v) is 4.20. The maximum Gasteiger partial charge on any atom is 0.0195 e. The van der Waals surface area contributed by atoms with E-state index in [2.05, 4.69) is 23.7 Å². The molecule has 1 heterocycles. The van der Waals surface area contributed by atoms with Crippen LogP contribution >= 0.6 is 0 Å². The van der Waals surface area contributed by atoms with Crippen LogP contribution in [0.2, 0.25) is 0 Å². The fourth-order valence-corrected chi connectivity index (χ4v) is 2.15. The summed E-state index contributed by atoms with van der Waals surface area (Å²) in [4.78, 5) is 2.50. The Morgan fingerprint density at radius 3 is 2.93 bits per heavy atom. The predicted molar refractivity (Wildman–Crippen MR) is 62.6 cm³/mol. The third-order valence-electron chi connectivity index (χ3n) is 2.82. The first-order valence-corrected chi connectivity index (χ1v) is 5.93. The number of nitrogens with zero attached hydrogens (tertiary/aromatic N) is 1. The zero-order valence-electron chi connectivity index (χ0n) is 9.47. The number of hydrogen-bond acceptors (Lipinski definition) is 2. The SMILES string of the molecule is C=CCN(CCC)CC1CCCCN1. The highest BCUT2D eigenvalue weighted by atomic mass is 15.1. The summed E-state index contributed by atoms with van der Waals surface area (Å²) in [6, 6.07) is 0.718. The van der Waals surface area contributed by atoms with Crippen molar-refractivity contribution in [1.82, 2.24) is 10.2 Å². The van der Waals surface area contributed by atoms with Crippen molar-refractivity contribution in [2.45, 2.75) is 38.6 Å². The third kappa shape index (κ3) is 4.25. The van der Waals surface area contributed by atoms with Crippen LogP contribution in [-0.4, -0.2) is 37.1 Å². The molecule has 2 heteroatoms. The molecular formula is C12H24N2. The molecule has 1 fully saturated rings. The molecule has 0 saturated carbocycles. The van der Waals surface area contributed by atoms with E-state index in [1.807, 2.05) is 6.08 Å². The van der Waals surface area contributed by atoms with Gasteiger partial charge in [-0.25, -0.2) is 0 Å². The molecule has 0 aromatic carbocycles. The summed E-state index contributed by atoms with van der Waals surface area (Å²) in [6.07, 6.45) is 7.34. The average molecular weight is 196 g/mol. The van der Waals surface area contributed by atoms with Crippen LogP contribution in [0.5, 0.6) is 0 Å². The lowest BCUT2D eigenvalue weighted by Crippen LogP contribution is -2.43. The van der Waals surface area contributed by atoms with Crippen molar-refractivity contribution in [2.75, 3.05) is 26.2 Å². The Labute approximate surface area is 88.4 Å². The quantitative estimate of drug-likeness (QED) is 0.654. The summed E-state index contributed by atoms with van der Waals surface area (Å²) in [6.45, 7) is 10.7. The van der Waals surface area contributed by atoms with E-state index in [1.54, 1.807) is 0 Å². The van der Waals surface area contributed by atoms with Crippen LogP contribution in [0.3, 0.4) is 0 Å². The predicted octanol–water partition coefficient (Wildman–Crippen LogP) is 2.03. The van der Waals surface area contributed by atoms with Crippen LogP contribution in [-0.2, 0) is 0 Å². The first kappa shape index (κ1) is 11.7. The zero-order valence-corrected chi connectivity index (χ0v) is 9.47. The van der Waals surface area contributed by atoms with Gasteiger partial charge in [-0.1, -0.05) is 19.4 Å². The minimum absolute atomic E-state index is 0.718. The second kappa shape index (κ2) is 7.02. The van der Waals surface area contributed by atoms with Gasteiger partial charge in [-0.2, -0.15) is 0 Å². The molecule has 82 valence electrons. The highest BCUT2D eigenvalue weighted by Gasteiger charge is 2.15. The Kier molecular flexibility index (Phi) is 5.88. The molecule has 0 spiro atoms. The number of rotatable bonds is 6. The minimum atomic E-state index is 0.718. The van der Waals surface area contributed by atoms with E-state index in [-0.39, 0.29) is 0 Å². The fourth-order valence-electron chi connectivity index (χ4n) is 2.15. The summed E-state index contributed by atoms with van der Waals surface area (Å²) in [5, 5.41) is 3.59. The molecule has 1 unspecified atom stereocenters. The van der Waals surface area contributed by atoms with Gasteiger partial charge < -0.3 is 5.32 Å². The molecule has 0 aromatic heterocycles. The molecule has 1 saturated heterocycles. The van der Waals surface area contributed by atoms with Crippen molar-refractivity contribution in [2.24, 2.45) is 0 Å². The highest BCUT2D eigenvalue weighted by Crippen LogP contribution is 2.08. The van der Waals surface area contributed by atoms with Crippen molar-refractivity contribution in [3.63, 3.8) is 0 Å². The van der Waals surface area contributed by atoms with Crippen molar-refractivity contribution in [3.05, 3.63) is 12.7 Å². The molecule has 0 radical (unpaired) electrons. The van der Waals surface area contributed by atoms with Gasteiger partial charge in [-0.3, -0.25) is 4.90 Å². The maximum absolute atomic E-state index is 3.81. The molecule has 0 aromatic rings. The van der Waals surface area contributed by atoms with E-state index in [1.165, 1.54) is 45.3 Å². The molecule has 1 rings (SSSR count). The minimum Gasteiger partial charge on any atom is -0.313 e. The summed E-state index contributed by atoms with van der Waals surface area (Å²) in [5.41, 5.74) is 0. The van der Waals surface area contributed by atoms with E-state index in [0.717, 1.165) is 12.6 Å². The van der Waals surface area contributed by atoms with Gasteiger partial charge in [0.1, 0.15) is 0 Å². The lowest BCUT2D eigenvalue weighted by atomic mass is 10.0. The van der Waals surface area contributed by atoms with Crippen LogP contribution in [0, 0.1) is 0 Å². The van der Waals surface area contributed by atoms with Crippen molar-refractivity contribution in [3.8, 4) is 0 Å². The summed E-state index contributed by atoms with van der Waals surface area (Å²) in [5.74, 6) is 0. The smallest absolute Gasteiger partial charge is 0.0195 e. The molecule has 0 aliphatic carbocycles. The summed E-state index contributed by atoms with van der Waals surface area (Å²) in [7, 11) is 0. The molecule has 14 heavy (non-hydrogen) atoms. The highest BCUT2D eigenvalue weighted by molar-refractivity contribution is 4.80. The largest absolute Gasteiger partial charge is 0.313 e. The van der Waals surface area contributed by atoms with Gasteiger partial charge >= 0.3 is 0 Å². The lowest BCUT2D eigenvalue weighted by Gasteiger charge is -2.29. The Balaban J connectivity index is 2.25. The monoisotopic (exact) mass is 196 g/mol. The van der Waals surface area contributed by atoms with Crippen LogP contribution in [0.4, 0.5) is 0 Å². The van der Waals surface area contributed by atoms with Crippen LogP contribution in [0.1, 0.15) is 32.6 Å². The van der Waals surface area contributed by atoms with E-state index in [9.17, 15) is 0 Å². The second-order valence-electron chi connectivity index (χ2n) is 4.20. The van der Waals surface area contributed by atoms with Gasteiger partial charge in [0, 0.05) is 19.1 Å². The molecule has 2 nitrogen and oxygen atoms in total. The molecule has 1 aliphatic heterocycles. The average Bonchev–Trinajstić information content (AvgIpc) is 2.20.